The van der Waals surface area contributed by atoms with Gasteiger partial charge in [-0.3, -0.25) is 10.2 Å². The van der Waals surface area contributed by atoms with Crippen LogP contribution in [0.3, 0.4) is 0 Å². The van der Waals surface area contributed by atoms with Gasteiger partial charge in [0.25, 0.3) is 0 Å². The van der Waals surface area contributed by atoms with Crippen LogP contribution in [0.5, 0.6) is 0 Å². The summed E-state index contributed by atoms with van der Waals surface area (Å²) >= 11 is 0. The van der Waals surface area contributed by atoms with Crippen LogP contribution in [0.4, 0.5) is 5.69 Å². The summed E-state index contributed by atoms with van der Waals surface area (Å²) < 4.78 is 0. The van der Waals surface area contributed by atoms with Gasteiger partial charge in [-0.15, -0.1) is 0 Å². The first kappa shape index (κ1) is 17.3. The van der Waals surface area contributed by atoms with E-state index in [1.165, 1.54) is 12.3 Å². The van der Waals surface area contributed by atoms with Crippen LogP contribution in [0.2, 0.25) is 0 Å². The molecule has 2 aromatic rings. The van der Waals surface area contributed by atoms with E-state index in [0.29, 0.717) is 12.0 Å². The van der Waals surface area contributed by atoms with E-state index in [-0.39, 0.29) is 17.4 Å². The molecule has 1 aliphatic rings. The number of benzene rings is 2. The third-order valence-electron chi connectivity index (χ3n) is 4.03. The normalized spacial score (nSPS) is 16.9. The fourth-order valence-electron chi connectivity index (χ4n) is 2.70. The Morgan fingerprint density at radius 2 is 2.00 bits per heavy atom. The second kappa shape index (κ2) is 7.60. The number of anilines is 1. The average Bonchev–Trinajstić information content (AvgIpc) is 2.63. The standard InChI is InChI=1S/C19H18N4O3/c1-12-10-17(24)22-23-18(12)13-6-8-15(9-7-13)21-20-11-14-4-2-3-5-16(14)19(25)26/h2-9,11-12,21H,10H2,1H3,(H,22,24)(H,25,26). The van der Waals surface area contributed by atoms with Crippen molar-refractivity contribution in [3.8, 4) is 0 Å². The molecule has 3 rings (SSSR count). The van der Waals surface area contributed by atoms with E-state index in [4.69, 9.17) is 5.11 Å². The maximum atomic E-state index is 11.3. The summed E-state index contributed by atoms with van der Waals surface area (Å²) in [6.07, 6.45) is 1.90. The lowest BCUT2D eigenvalue weighted by Gasteiger charge is -2.19. The summed E-state index contributed by atoms with van der Waals surface area (Å²) in [5.41, 5.74) is 8.62. The minimum atomic E-state index is -0.995. The van der Waals surface area contributed by atoms with Gasteiger partial charge in [0.1, 0.15) is 0 Å². The molecule has 0 aromatic heterocycles. The second-order valence-corrected chi connectivity index (χ2v) is 5.98. The molecule has 0 bridgehead atoms. The minimum absolute atomic E-state index is 0.0631. The van der Waals surface area contributed by atoms with Crippen LogP contribution < -0.4 is 10.9 Å². The molecular formula is C19H18N4O3. The molecule has 0 saturated carbocycles. The number of amides is 1. The van der Waals surface area contributed by atoms with Crippen molar-refractivity contribution in [2.75, 3.05) is 5.43 Å². The zero-order valence-corrected chi connectivity index (χ0v) is 14.1. The quantitative estimate of drug-likeness (QED) is 0.570. The van der Waals surface area contributed by atoms with Gasteiger partial charge < -0.3 is 5.11 Å². The first-order chi connectivity index (χ1) is 12.5. The maximum absolute atomic E-state index is 11.3. The molecule has 7 heteroatoms. The first-order valence-corrected chi connectivity index (χ1v) is 8.13. The number of rotatable bonds is 5. The summed E-state index contributed by atoms with van der Waals surface area (Å²) in [4.78, 5) is 22.5. The van der Waals surface area contributed by atoms with Crippen molar-refractivity contribution in [1.82, 2.24) is 5.43 Å². The van der Waals surface area contributed by atoms with Crippen molar-refractivity contribution in [1.29, 1.82) is 0 Å². The highest BCUT2D eigenvalue weighted by Gasteiger charge is 2.21. The van der Waals surface area contributed by atoms with Crippen LogP contribution in [-0.2, 0) is 4.79 Å². The molecule has 0 aliphatic carbocycles. The average molecular weight is 350 g/mol. The molecule has 1 unspecified atom stereocenters. The van der Waals surface area contributed by atoms with Gasteiger partial charge in [0, 0.05) is 17.9 Å². The van der Waals surface area contributed by atoms with E-state index in [9.17, 15) is 9.59 Å². The lowest BCUT2D eigenvalue weighted by Crippen LogP contribution is -2.31. The molecule has 0 spiro atoms. The van der Waals surface area contributed by atoms with Crippen LogP contribution in [0.15, 0.2) is 58.7 Å². The Morgan fingerprint density at radius 1 is 1.27 bits per heavy atom. The first-order valence-electron chi connectivity index (χ1n) is 8.13. The lowest BCUT2D eigenvalue weighted by atomic mass is 9.94. The fourth-order valence-corrected chi connectivity index (χ4v) is 2.70. The number of hydrogen-bond donors (Lipinski definition) is 3. The van der Waals surface area contributed by atoms with E-state index in [2.05, 4.69) is 21.1 Å². The molecule has 0 radical (unpaired) electrons. The van der Waals surface area contributed by atoms with Gasteiger partial charge >= 0.3 is 5.97 Å². The van der Waals surface area contributed by atoms with Crippen LogP contribution >= 0.6 is 0 Å². The summed E-state index contributed by atoms with van der Waals surface area (Å²) in [5, 5.41) is 17.4. The number of carboxylic acids is 1. The molecule has 1 atom stereocenters. The molecule has 1 aliphatic heterocycles. The number of carboxylic acid groups (broad SMARTS) is 1. The third-order valence-corrected chi connectivity index (χ3v) is 4.03. The molecule has 1 heterocycles. The number of hydrazone groups is 2. The molecule has 3 N–H and O–H groups in total. The summed E-state index contributed by atoms with van der Waals surface area (Å²) in [6.45, 7) is 1.97. The number of nitrogens with one attached hydrogen (secondary N) is 2. The van der Waals surface area contributed by atoms with E-state index in [1.807, 2.05) is 31.2 Å². The number of aromatic carboxylic acids is 1. The highest BCUT2D eigenvalue weighted by Crippen LogP contribution is 2.18. The minimum Gasteiger partial charge on any atom is -0.478 e. The van der Waals surface area contributed by atoms with Crippen LogP contribution in [0.25, 0.3) is 0 Å². The van der Waals surface area contributed by atoms with Crippen molar-refractivity contribution in [2.45, 2.75) is 13.3 Å². The molecule has 0 fully saturated rings. The summed E-state index contributed by atoms with van der Waals surface area (Å²) in [5.74, 6) is -1.01. The highest BCUT2D eigenvalue weighted by molar-refractivity contribution is 6.05. The molecule has 2 aromatic carbocycles. The molecule has 7 nitrogen and oxygen atoms in total. The predicted octanol–water partition coefficient (Wildman–Crippen LogP) is 2.69. The molecule has 1 amide bonds. The Hall–Kier alpha value is -3.48. The Bertz CT molecular complexity index is 888. The third kappa shape index (κ3) is 3.94. The van der Waals surface area contributed by atoms with Crippen molar-refractivity contribution in [3.63, 3.8) is 0 Å². The van der Waals surface area contributed by atoms with Gasteiger partial charge in [-0.05, 0) is 23.8 Å². The Morgan fingerprint density at radius 3 is 2.69 bits per heavy atom. The number of carbonyl (C=O) groups is 2. The molecular weight excluding hydrogens is 332 g/mol. The van der Waals surface area contributed by atoms with Crippen molar-refractivity contribution in [2.24, 2.45) is 16.1 Å². The summed E-state index contributed by atoms with van der Waals surface area (Å²) in [7, 11) is 0. The maximum Gasteiger partial charge on any atom is 0.336 e. The topological polar surface area (TPSA) is 103 Å². The SMILES string of the molecule is CC1CC(=O)NN=C1c1ccc(NN=Cc2ccccc2C(=O)O)cc1. The van der Waals surface area contributed by atoms with Gasteiger partial charge in [-0.1, -0.05) is 37.3 Å². The van der Waals surface area contributed by atoms with Crippen LogP contribution in [-0.4, -0.2) is 28.9 Å². The second-order valence-electron chi connectivity index (χ2n) is 5.98. The number of hydrogen-bond acceptors (Lipinski definition) is 5. The van der Waals surface area contributed by atoms with Gasteiger partial charge in [0.15, 0.2) is 0 Å². The predicted molar refractivity (Wildman–Crippen MR) is 99.5 cm³/mol. The van der Waals surface area contributed by atoms with E-state index < -0.39 is 5.97 Å². The van der Waals surface area contributed by atoms with Crippen molar-refractivity contribution < 1.29 is 14.7 Å². The largest absolute Gasteiger partial charge is 0.478 e. The fraction of sp³-hybridized carbons (Fsp3) is 0.158. The zero-order chi connectivity index (χ0) is 18.5. The zero-order valence-electron chi connectivity index (χ0n) is 14.1. The van der Waals surface area contributed by atoms with E-state index in [0.717, 1.165) is 17.0 Å². The molecule has 0 saturated heterocycles. The number of nitrogens with zero attached hydrogens (tertiary/aromatic N) is 2. The Balaban J connectivity index is 1.69. The van der Waals surface area contributed by atoms with Gasteiger partial charge in [-0.25, -0.2) is 10.2 Å². The Kier molecular flexibility index (Phi) is 5.07. The Labute approximate surface area is 150 Å². The van der Waals surface area contributed by atoms with E-state index >= 15 is 0 Å². The van der Waals surface area contributed by atoms with Crippen LogP contribution in [0, 0.1) is 5.92 Å². The molecule has 26 heavy (non-hydrogen) atoms. The van der Waals surface area contributed by atoms with Gasteiger partial charge in [0.05, 0.1) is 23.2 Å². The highest BCUT2D eigenvalue weighted by atomic mass is 16.4. The van der Waals surface area contributed by atoms with Crippen molar-refractivity contribution in [3.05, 3.63) is 65.2 Å². The van der Waals surface area contributed by atoms with Crippen LogP contribution in [0.1, 0.15) is 34.8 Å². The lowest BCUT2D eigenvalue weighted by molar-refractivity contribution is -0.121. The molecule has 132 valence electrons. The van der Waals surface area contributed by atoms with Crippen molar-refractivity contribution >= 4 is 29.5 Å². The summed E-state index contributed by atoms with van der Waals surface area (Å²) in [6, 6.07) is 14.1. The van der Waals surface area contributed by atoms with Gasteiger partial charge in [0.2, 0.25) is 5.91 Å². The van der Waals surface area contributed by atoms with Gasteiger partial charge in [-0.2, -0.15) is 10.2 Å². The smallest absolute Gasteiger partial charge is 0.336 e. The monoisotopic (exact) mass is 350 g/mol. The van der Waals surface area contributed by atoms with E-state index in [1.54, 1.807) is 18.2 Å². The number of carbonyl (C=O) groups excluding carboxylic acids is 1.